The smallest absolute Gasteiger partial charge is 0.312 e. The minimum Gasteiger partial charge on any atom is -0.452 e. The second-order valence-electron chi connectivity index (χ2n) is 13.1. The third-order valence-electron chi connectivity index (χ3n) is 9.41. The molecule has 11 heteroatoms. The number of aromatic nitrogens is 1. The van der Waals surface area contributed by atoms with Gasteiger partial charge in [0.1, 0.15) is 12.1 Å². The Morgan fingerprint density at radius 2 is 1.66 bits per heavy atom. The van der Waals surface area contributed by atoms with E-state index < -0.39 is 41.6 Å². The summed E-state index contributed by atoms with van der Waals surface area (Å²) in [4.78, 5) is 58.8. The topological polar surface area (TPSA) is 150 Å². The van der Waals surface area contributed by atoms with E-state index in [0.29, 0.717) is 57.9 Å². The van der Waals surface area contributed by atoms with Gasteiger partial charge >= 0.3 is 5.97 Å². The molecular formula is C33H45N5O6. The van der Waals surface area contributed by atoms with Gasteiger partial charge in [0.2, 0.25) is 5.91 Å². The van der Waals surface area contributed by atoms with Crippen LogP contribution < -0.4 is 16.1 Å². The molecule has 3 amide bonds. The molecule has 1 saturated carbocycles. The van der Waals surface area contributed by atoms with Gasteiger partial charge < -0.3 is 20.5 Å². The number of ether oxygens (including phenoxy) is 1. The zero-order valence-electron chi connectivity index (χ0n) is 26.1. The van der Waals surface area contributed by atoms with E-state index in [9.17, 15) is 24.3 Å². The van der Waals surface area contributed by atoms with E-state index in [2.05, 4.69) is 16.1 Å². The number of nitrogens with one attached hydrogen (secondary N) is 3. The van der Waals surface area contributed by atoms with Crippen molar-refractivity contribution >= 4 is 34.6 Å². The molecule has 2 aromatic rings. The normalized spacial score (nSPS) is 31.1. The summed E-state index contributed by atoms with van der Waals surface area (Å²) in [6.07, 6.45) is 2.59. The molecular weight excluding hydrogens is 562 g/mol. The number of rotatable bonds is 1. The maximum absolute atomic E-state index is 13.9. The van der Waals surface area contributed by atoms with Crippen molar-refractivity contribution in [1.29, 1.82) is 0 Å². The quantitative estimate of drug-likeness (QED) is 0.362. The number of amides is 3. The van der Waals surface area contributed by atoms with Crippen LogP contribution in [0.1, 0.15) is 89.9 Å². The van der Waals surface area contributed by atoms with E-state index in [1.54, 1.807) is 20.8 Å². The van der Waals surface area contributed by atoms with Crippen molar-refractivity contribution in [3.05, 3.63) is 41.6 Å². The molecule has 5 rings (SSSR count). The van der Waals surface area contributed by atoms with Crippen LogP contribution in [-0.4, -0.2) is 69.6 Å². The van der Waals surface area contributed by atoms with Crippen molar-refractivity contribution in [3.63, 3.8) is 0 Å². The van der Waals surface area contributed by atoms with Crippen molar-refractivity contribution in [1.82, 2.24) is 26.1 Å². The molecule has 3 aliphatic rings. The summed E-state index contributed by atoms with van der Waals surface area (Å²) in [6, 6.07) is 8.05. The molecule has 1 aromatic heterocycles. The van der Waals surface area contributed by atoms with Gasteiger partial charge in [-0.05, 0) is 88.8 Å². The Balaban J connectivity index is 1.49. The lowest BCUT2D eigenvalue weighted by atomic mass is 9.70. The Hall–Kier alpha value is -3.57. The zero-order chi connectivity index (χ0) is 31.6. The standard InChI is InChI=1S/C33H45N5O6/c1-19(2)28-30(41)35-21(4)31(42)38-17-5-6-26(37-38)29(40)34-20(3)25-10-9-23-8-7-22(18-27(23)36-25)11-14-33(32(43)44-28)15-12-24(39)13-16-33/h7-10,18-21,24,26,28,37,39H,5-6,11-17H2,1-4H3,(H,34,40)(H,35,41)/t20-,21+,24?,26+,28+,33?/m1/s1. The molecule has 3 heterocycles. The minimum absolute atomic E-state index is 0.233. The first-order valence-electron chi connectivity index (χ1n) is 15.9. The number of carbonyl (C=O) groups is 4. The van der Waals surface area contributed by atoms with E-state index in [1.807, 2.05) is 37.3 Å². The average molecular weight is 608 g/mol. The number of cyclic esters (lactones) is 1. The van der Waals surface area contributed by atoms with E-state index in [-0.39, 0.29) is 23.8 Å². The lowest BCUT2D eigenvalue weighted by Crippen LogP contribution is -2.61. The Morgan fingerprint density at radius 1 is 0.955 bits per heavy atom. The fourth-order valence-electron chi connectivity index (χ4n) is 6.52. The van der Waals surface area contributed by atoms with Gasteiger partial charge in [-0.3, -0.25) is 29.2 Å². The number of carbonyl (C=O) groups excluding carboxylic acids is 4. The highest BCUT2D eigenvalue weighted by Crippen LogP contribution is 2.42. The second-order valence-corrected chi connectivity index (χ2v) is 13.1. The Bertz CT molecular complexity index is 1400. The van der Waals surface area contributed by atoms with Crippen molar-refractivity contribution in [2.75, 3.05) is 6.54 Å². The van der Waals surface area contributed by atoms with Crippen molar-refractivity contribution in [3.8, 4) is 0 Å². The molecule has 1 aromatic carbocycles. The van der Waals surface area contributed by atoms with Crippen LogP contribution in [0.15, 0.2) is 30.3 Å². The second kappa shape index (κ2) is 13.2. The summed E-state index contributed by atoms with van der Waals surface area (Å²) >= 11 is 0. The maximum atomic E-state index is 13.9. The van der Waals surface area contributed by atoms with Gasteiger partial charge in [0.15, 0.2) is 6.10 Å². The largest absolute Gasteiger partial charge is 0.452 e. The molecule has 44 heavy (non-hydrogen) atoms. The highest BCUT2D eigenvalue weighted by Gasteiger charge is 2.45. The summed E-state index contributed by atoms with van der Waals surface area (Å²) in [5.41, 5.74) is 4.72. The number of benzene rings is 1. The van der Waals surface area contributed by atoms with Gasteiger partial charge in [0.05, 0.1) is 28.8 Å². The van der Waals surface area contributed by atoms with Gasteiger partial charge in [-0.25, -0.2) is 5.43 Å². The van der Waals surface area contributed by atoms with Gasteiger partial charge in [0.25, 0.3) is 11.8 Å². The van der Waals surface area contributed by atoms with Crippen molar-refractivity contribution in [2.45, 2.75) is 109 Å². The lowest BCUT2D eigenvalue weighted by molar-refractivity contribution is -0.172. The molecule has 2 aliphatic heterocycles. The molecule has 2 fully saturated rings. The number of hydrogen-bond acceptors (Lipinski definition) is 8. The molecule has 0 radical (unpaired) electrons. The van der Waals surface area contributed by atoms with Crippen LogP contribution in [0, 0.1) is 11.3 Å². The Kier molecular flexibility index (Phi) is 9.55. The SMILES string of the molecule is CC(C)[C@@H]1OC(=O)C2(CCc3ccc4ccc(nc4c3)[C@@H](C)NC(=O)[C@@H]3CCCN(N3)C(=O)[C@H](C)NC1=O)CCC(O)CC2. The van der Waals surface area contributed by atoms with Gasteiger partial charge in [0, 0.05) is 11.9 Å². The molecule has 4 N–H and O–H groups in total. The number of pyridine rings is 1. The third kappa shape index (κ3) is 6.89. The number of esters is 1. The zero-order valence-corrected chi connectivity index (χ0v) is 26.1. The number of hydrogen-bond donors (Lipinski definition) is 4. The summed E-state index contributed by atoms with van der Waals surface area (Å²) in [5.74, 6) is -1.93. The molecule has 5 bridgehead atoms. The average Bonchev–Trinajstić information content (AvgIpc) is 3.01. The van der Waals surface area contributed by atoms with Crippen molar-refractivity contribution in [2.24, 2.45) is 11.3 Å². The minimum atomic E-state index is -1.09. The first kappa shape index (κ1) is 31.8. The number of nitrogens with zero attached hydrogens (tertiary/aromatic N) is 2. The van der Waals surface area contributed by atoms with Crippen LogP contribution >= 0.6 is 0 Å². The fourth-order valence-corrected chi connectivity index (χ4v) is 6.52. The highest BCUT2D eigenvalue weighted by atomic mass is 16.6. The molecule has 4 atom stereocenters. The fraction of sp³-hybridized carbons (Fsp3) is 0.606. The first-order chi connectivity index (χ1) is 21.0. The highest BCUT2D eigenvalue weighted by molar-refractivity contribution is 5.91. The van der Waals surface area contributed by atoms with Gasteiger partial charge in [-0.1, -0.05) is 32.0 Å². The summed E-state index contributed by atoms with van der Waals surface area (Å²) < 4.78 is 5.98. The Morgan fingerprint density at radius 3 is 2.39 bits per heavy atom. The number of hydrazine groups is 1. The Labute approximate surface area is 258 Å². The van der Waals surface area contributed by atoms with Crippen LogP contribution in [0.3, 0.4) is 0 Å². The van der Waals surface area contributed by atoms with Crippen LogP contribution in [-0.2, 0) is 30.3 Å². The van der Waals surface area contributed by atoms with E-state index in [0.717, 1.165) is 22.2 Å². The molecule has 238 valence electrons. The molecule has 11 nitrogen and oxygen atoms in total. The lowest BCUT2D eigenvalue weighted by Gasteiger charge is -2.38. The first-order valence-corrected chi connectivity index (χ1v) is 15.9. The number of fused-ring (bicyclic) bond motifs is 4. The maximum Gasteiger partial charge on any atom is 0.312 e. The van der Waals surface area contributed by atoms with Crippen LogP contribution in [0.4, 0.5) is 0 Å². The van der Waals surface area contributed by atoms with Crippen LogP contribution in [0.5, 0.6) is 0 Å². The van der Waals surface area contributed by atoms with E-state index >= 15 is 0 Å². The number of aryl methyl sites for hydroxylation is 1. The number of aliphatic hydroxyl groups excluding tert-OH is 1. The predicted octanol–water partition coefficient (Wildman–Crippen LogP) is 2.85. The van der Waals surface area contributed by atoms with E-state index in [1.165, 1.54) is 5.01 Å². The van der Waals surface area contributed by atoms with Crippen molar-refractivity contribution < 1.29 is 29.0 Å². The molecule has 1 spiro atoms. The van der Waals surface area contributed by atoms with E-state index in [4.69, 9.17) is 9.72 Å². The van der Waals surface area contributed by atoms with Gasteiger partial charge in [-0.2, -0.15) is 0 Å². The molecule has 0 unspecified atom stereocenters. The van der Waals surface area contributed by atoms with Crippen LogP contribution in [0.25, 0.3) is 10.9 Å². The van der Waals surface area contributed by atoms with Gasteiger partial charge in [-0.15, -0.1) is 0 Å². The predicted molar refractivity (Wildman–Crippen MR) is 164 cm³/mol. The number of aliphatic hydroxyl groups is 1. The molecule has 1 saturated heterocycles. The summed E-state index contributed by atoms with van der Waals surface area (Å²) in [7, 11) is 0. The van der Waals surface area contributed by atoms with Crippen LogP contribution in [0.2, 0.25) is 0 Å². The monoisotopic (exact) mass is 607 g/mol. The molecule has 1 aliphatic carbocycles. The summed E-state index contributed by atoms with van der Waals surface area (Å²) in [5, 5.41) is 18.4. The summed E-state index contributed by atoms with van der Waals surface area (Å²) in [6.45, 7) is 7.46. The third-order valence-corrected chi connectivity index (χ3v) is 9.41.